The summed E-state index contributed by atoms with van der Waals surface area (Å²) in [5.41, 5.74) is 1.41. The summed E-state index contributed by atoms with van der Waals surface area (Å²) >= 11 is 0. The lowest BCUT2D eigenvalue weighted by Crippen LogP contribution is -2.30. The number of phenolic OH excluding ortho intramolecular Hbond substituents is 2. The number of fused-ring (bicyclic) bond motifs is 1. The number of aromatic hydroxyl groups is 2. The Morgan fingerprint density at radius 1 is 1.00 bits per heavy atom. The van der Waals surface area contributed by atoms with Gasteiger partial charge in [-0.15, -0.1) is 5.92 Å². The van der Waals surface area contributed by atoms with E-state index in [1.54, 1.807) is 13.0 Å². The molecule has 112 valence electrons. The van der Waals surface area contributed by atoms with Crippen LogP contribution in [0.2, 0.25) is 0 Å². The Balaban J connectivity index is 1.98. The number of benzene rings is 2. The van der Waals surface area contributed by atoms with Gasteiger partial charge in [0.05, 0.1) is 0 Å². The van der Waals surface area contributed by atoms with Gasteiger partial charge in [0.1, 0.15) is 17.6 Å². The standard InChI is InChI=1S/C18H16O4/c1-3-4-12-5-8-16-17(9-12)22-18(11(2)21-16)14-7-6-13(19)10-15(14)20/h5-11,18-20H,1-2H3/t11-,18+/m1/s1. The van der Waals surface area contributed by atoms with Gasteiger partial charge in [-0.05, 0) is 44.2 Å². The van der Waals surface area contributed by atoms with E-state index in [2.05, 4.69) is 11.8 Å². The first kappa shape index (κ1) is 14.2. The molecule has 2 aromatic rings. The minimum absolute atomic E-state index is 0.00605. The van der Waals surface area contributed by atoms with E-state index in [1.807, 2.05) is 25.1 Å². The highest BCUT2D eigenvalue weighted by molar-refractivity contribution is 5.50. The average molecular weight is 296 g/mol. The SMILES string of the molecule is CC#Cc1ccc2c(c1)O[C@H](c1ccc(O)cc1O)[C@@H](C)O2. The number of hydrogen-bond donors (Lipinski definition) is 2. The molecule has 1 heterocycles. The van der Waals surface area contributed by atoms with Crippen LogP contribution in [0.15, 0.2) is 36.4 Å². The average Bonchev–Trinajstić information content (AvgIpc) is 2.48. The Hall–Kier alpha value is -2.80. The number of ether oxygens (including phenoxy) is 2. The fourth-order valence-electron chi connectivity index (χ4n) is 2.50. The largest absolute Gasteiger partial charge is 0.508 e. The van der Waals surface area contributed by atoms with E-state index in [1.165, 1.54) is 12.1 Å². The first-order valence-corrected chi connectivity index (χ1v) is 7.00. The van der Waals surface area contributed by atoms with Crippen LogP contribution in [0.5, 0.6) is 23.0 Å². The molecular formula is C18H16O4. The molecule has 1 aliphatic heterocycles. The second-order valence-electron chi connectivity index (χ2n) is 5.14. The molecular weight excluding hydrogens is 280 g/mol. The van der Waals surface area contributed by atoms with Crippen molar-refractivity contribution in [3.8, 4) is 34.8 Å². The zero-order valence-electron chi connectivity index (χ0n) is 12.3. The van der Waals surface area contributed by atoms with Crippen molar-refractivity contribution >= 4 is 0 Å². The van der Waals surface area contributed by atoms with Crippen LogP contribution in [0, 0.1) is 11.8 Å². The first-order valence-electron chi connectivity index (χ1n) is 7.00. The minimum atomic E-state index is -0.460. The van der Waals surface area contributed by atoms with E-state index in [-0.39, 0.29) is 17.6 Å². The van der Waals surface area contributed by atoms with Gasteiger partial charge >= 0.3 is 0 Å². The Bertz CT molecular complexity index is 770. The molecule has 1 aliphatic rings. The van der Waals surface area contributed by atoms with Gasteiger partial charge < -0.3 is 19.7 Å². The summed E-state index contributed by atoms with van der Waals surface area (Å²) in [6, 6.07) is 9.97. The molecule has 0 aliphatic carbocycles. The maximum absolute atomic E-state index is 10.0. The second-order valence-corrected chi connectivity index (χ2v) is 5.14. The zero-order chi connectivity index (χ0) is 15.7. The Kier molecular flexibility index (Phi) is 3.56. The topological polar surface area (TPSA) is 58.9 Å². The van der Waals surface area contributed by atoms with Crippen LogP contribution in [0.1, 0.15) is 31.1 Å². The highest BCUT2D eigenvalue weighted by Crippen LogP contribution is 2.42. The van der Waals surface area contributed by atoms with E-state index < -0.39 is 6.10 Å². The van der Waals surface area contributed by atoms with Gasteiger partial charge in [0, 0.05) is 17.2 Å². The van der Waals surface area contributed by atoms with Crippen molar-refractivity contribution in [2.45, 2.75) is 26.1 Å². The lowest BCUT2D eigenvalue weighted by Gasteiger charge is -2.32. The first-order chi connectivity index (χ1) is 10.6. The molecule has 0 amide bonds. The number of rotatable bonds is 1. The van der Waals surface area contributed by atoms with E-state index in [9.17, 15) is 10.2 Å². The molecule has 0 saturated heterocycles. The van der Waals surface area contributed by atoms with Crippen LogP contribution in [0.3, 0.4) is 0 Å². The molecule has 0 aromatic heterocycles. The highest BCUT2D eigenvalue weighted by atomic mass is 16.6. The third-order valence-corrected chi connectivity index (χ3v) is 3.53. The molecule has 0 bridgehead atoms. The van der Waals surface area contributed by atoms with Gasteiger partial charge in [0.15, 0.2) is 17.6 Å². The molecule has 4 heteroatoms. The van der Waals surface area contributed by atoms with Crippen molar-refractivity contribution in [1.29, 1.82) is 0 Å². The molecule has 4 nitrogen and oxygen atoms in total. The third kappa shape index (κ3) is 2.53. The Morgan fingerprint density at radius 3 is 2.55 bits per heavy atom. The molecule has 2 aromatic carbocycles. The summed E-state index contributed by atoms with van der Waals surface area (Å²) in [5.74, 6) is 7.05. The van der Waals surface area contributed by atoms with Gasteiger partial charge in [-0.1, -0.05) is 5.92 Å². The van der Waals surface area contributed by atoms with Crippen molar-refractivity contribution in [3.63, 3.8) is 0 Å². The molecule has 0 spiro atoms. The smallest absolute Gasteiger partial charge is 0.164 e. The third-order valence-electron chi connectivity index (χ3n) is 3.53. The van der Waals surface area contributed by atoms with Gasteiger partial charge in [0.25, 0.3) is 0 Å². The van der Waals surface area contributed by atoms with Gasteiger partial charge in [-0.2, -0.15) is 0 Å². The highest BCUT2D eigenvalue weighted by Gasteiger charge is 2.31. The zero-order valence-corrected chi connectivity index (χ0v) is 12.3. The molecule has 2 atom stereocenters. The van der Waals surface area contributed by atoms with Gasteiger partial charge in [-0.3, -0.25) is 0 Å². The van der Waals surface area contributed by atoms with Crippen LogP contribution in [-0.4, -0.2) is 16.3 Å². The summed E-state index contributed by atoms with van der Waals surface area (Å²) in [4.78, 5) is 0. The normalized spacial score (nSPS) is 19.2. The summed E-state index contributed by atoms with van der Waals surface area (Å²) < 4.78 is 11.9. The minimum Gasteiger partial charge on any atom is -0.508 e. The van der Waals surface area contributed by atoms with Crippen molar-refractivity contribution in [2.24, 2.45) is 0 Å². The van der Waals surface area contributed by atoms with Crippen LogP contribution in [0.4, 0.5) is 0 Å². The summed E-state index contributed by atoms with van der Waals surface area (Å²) in [6.45, 7) is 3.65. The van der Waals surface area contributed by atoms with Gasteiger partial charge in [0.2, 0.25) is 0 Å². The Morgan fingerprint density at radius 2 is 1.82 bits per heavy atom. The number of phenols is 2. The van der Waals surface area contributed by atoms with E-state index >= 15 is 0 Å². The number of hydrogen-bond acceptors (Lipinski definition) is 4. The second kappa shape index (κ2) is 5.53. The predicted octanol–water partition coefficient (Wildman–Crippen LogP) is 3.37. The molecule has 22 heavy (non-hydrogen) atoms. The quantitative estimate of drug-likeness (QED) is 0.792. The molecule has 3 rings (SSSR count). The molecule has 0 saturated carbocycles. The summed E-state index contributed by atoms with van der Waals surface area (Å²) in [5, 5.41) is 19.4. The van der Waals surface area contributed by atoms with Crippen LogP contribution < -0.4 is 9.47 Å². The van der Waals surface area contributed by atoms with Crippen molar-refractivity contribution in [3.05, 3.63) is 47.5 Å². The molecule has 2 N–H and O–H groups in total. The van der Waals surface area contributed by atoms with Crippen molar-refractivity contribution in [2.75, 3.05) is 0 Å². The lowest BCUT2D eigenvalue weighted by molar-refractivity contribution is 0.0293. The van der Waals surface area contributed by atoms with Crippen LogP contribution in [-0.2, 0) is 0 Å². The van der Waals surface area contributed by atoms with Crippen molar-refractivity contribution in [1.82, 2.24) is 0 Å². The maximum Gasteiger partial charge on any atom is 0.164 e. The van der Waals surface area contributed by atoms with Crippen LogP contribution in [0.25, 0.3) is 0 Å². The predicted molar refractivity (Wildman–Crippen MR) is 82.2 cm³/mol. The van der Waals surface area contributed by atoms with E-state index in [0.717, 1.165) is 5.56 Å². The van der Waals surface area contributed by atoms with Gasteiger partial charge in [-0.25, -0.2) is 0 Å². The van der Waals surface area contributed by atoms with E-state index in [0.29, 0.717) is 17.1 Å². The molecule has 0 fully saturated rings. The molecule has 0 radical (unpaired) electrons. The fraction of sp³-hybridized carbons (Fsp3) is 0.222. The lowest BCUT2D eigenvalue weighted by atomic mass is 10.0. The van der Waals surface area contributed by atoms with Crippen molar-refractivity contribution < 1.29 is 19.7 Å². The van der Waals surface area contributed by atoms with E-state index in [4.69, 9.17) is 9.47 Å². The summed E-state index contributed by atoms with van der Waals surface area (Å²) in [6.07, 6.45) is -0.732. The monoisotopic (exact) mass is 296 g/mol. The summed E-state index contributed by atoms with van der Waals surface area (Å²) in [7, 11) is 0. The molecule has 0 unspecified atom stereocenters. The maximum atomic E-state index is 10.0. The Labute approximate surface area is 128 Å². The van der Waals surface area contributed by atoms with Crippen LogP contribution >= 0.6 is 0 Å². The fourth-order valence-corrected chi connectivity index (χ4v) is 2.50.